The predicted octanol–water partition coefficient (Wildman–Crippen LogP) is 2.55. The van der Waals surface area contributed by atoms with Crippen molar-refractivity contribution in [2.45, 2.75) is 63.2 Å². The fourth-order valence-electron chi connectivity index (χ4n) is 9.56. The molecular formula is C42H52N8O6Si. The summed E-state index contributed by atoms with van der Waals surface area (Å²) in [6.45, 7) is 10.8. The van der Waals surface area contributed by atoms with E-state index < -0.39 is 13.7 Å². The first-order valence-electron chi connectivity index (χ1n) is 19.9. The van der Waals surface area contributed by atoms with Crippen LogP contribution in [0, 0.1) is 5.92 Å². The number of methoxy groups -OCH3 is 1. The Labute approximate surface area is 334 Å². The van der Waals surface area contributed by atoms with E-state index in [1.54, 1.807) is 21.6 Å². The van der Waals surface area contributed by atoms with Crippen molar-refractivity contribution in [1.82, 2.24) is 25.6 Å². The second kappa shape index (κ2) is 15.8. The number of amides is 3. The second-order valence-corrected chi connectivity index (χ2v) is 20.8. The number of aliphatic hydroxyl groups excluding tert-OH is 1. The third-order valence-corrected chi connectivity index (χ3v) is 16.9. The van der Waals surface area contributed by atoms with Crippen LogP contribution in [0.3, 0.4) is 0 Å². The number of rotatable bonds is 12. The van der Waals surface area contributed by atoms with Gasteiger partial charge in [0.05, 0.1) is 52.3 Å². The van der Waals surface area contributed by atoms with Crippen molar-refractivity contribution in [1.29, 1.82) is 0 Å². The highest BCUT2D eigenvalue weighted by Gasteiger charge is 2.66. The van der Waals surface area contributed by atoms with Crippen molar-refractivity contribution >= 4 is 48.0 Å². The molecule has 3 amide bonds. The van der Waals surface area contributed by atoms with E-state index in [0.29, 0.717) is 52.1 Å². The summed E-state index contributed by atoms with van der Waals surface area (Å²) in [5, 5.41) is 25.6. The van der Waals surface area contributed by atoms with E-state index in [-0.39, 0.29) is 48.4 Å². The number of aromatic nitrogens is 3. The van der Waals surface area contributed by atoms with Crippen LogP contribution >= 0.6 is 0 Å². The van der Waals surface area contributed by atoms with Gasteiger partial charge in [0.25, 0.3) is 5.91 Å². The Morgan fingerprint density at radius 1 is 0.930 bits per heavy atom. The molecule has 8 rings (SSSR count). The summed E-state index contributed by atoms with van der Waals surface area (Å²) in [7, 11) is -0.753. The lowest BCUT2D eigenvalue weighted by atomic mass is 9.82. The Bertz CT molecular complexity index is 2130. The molecule has 5 heterocycles. The summed E-state index contributed by atoms with van der Waals surface area (Å²) in [6.07, 6.45) is 2.57. The van der Waals surface area contributed by atoms with E-state index >= 15 is 4.79 Å². The normalized spacial score (nSPS) is 23.8. The van der Waals surface area contributed by atoms with Gasteiger partial charge in [-0.3, -0.25) is 19.1 Å². The SMILES string of the molecule is COc1ccc([Si](C)(C)[C@H]2[C@H](CCn3cc(CCO)nn3)O[C@@]3(C(=O)N(Cc4ccc(N5CCNCC5=O)cc4)c4ccc(N5CCNCC5=O)cc43)[C@@H]2C)cc1. The summed E-state index contributed by atoms with van der Waals surface area (Å²) in [4.78, 5) is 46.8. The number of fused-ring (bicyclic) bond motifs is 2. The first-order valence-corrected chi connectivity index (χ1v) is 23.0. The summed E-state index contributed by atoms with van der Waals surface area (Å²) in [5.74, 6) is 0.448. The number of ether oxygens (including phenoxy) is 2. The molecule has 3 fully saturated rings. The molecule has 0 aliphatic carbocycles. The maximum atomic E-state index is 15.5. The Balaban J connectivity index is 1.19. The first kappa shape index (κ1) is 38.9. The van der Waals surface area contributed by atoms with Gasteiger partial charge in [0.15, 0.2) is 5.60 Å². The number of aliphatic hydroxyl groups is 1. The predicted molar refractivity (Wildman–Crippen MR) is 220 cm³/mol. The number of nitrogens with zero attached hydrogens (tertiary/aromatic N) is 6. The summed E-state index contributed by atoms with van der Waals surface area (Å²) >= 11 is 0. The molecule has 4 aromatic rings. The van der Waals surface area contributed by atoms with E-state index in [9.17, 15) is 14.7 Å². The molecule has 3 aromatic carbocycles. The van der Waals surface area contributed by atoms with Gasteiger partial charge in [-0.1, -0.05) is 54.7 Å². The van der Waals surface area contributed by atoms with Crippen molar-refractivity contribution < 1.29 is 29.0 Å². The molecule has 0 radical (unpaired) electrons. The number of hydrogen-bond donors (Lipinski definition) is 3. The lowest BCUT2D eigenvalue weighted by Gasteiger charge is -2.37. The molecular weight excluding hydrogens is 741 g/mol. The number of anilines is 3. The zero-order valence-corrected chi connectivity index (χ0v) is 34.1. The average Bonchev–Trinajstić information content (AvgIpc) is 3.87. The Morgan fingerprint density at radius 3 is 2.25 bits per heavy atom. The summed E-state index contributed by atoms with van der Waals surface area (Å²) in [5.41, 5.74) is 3.47. The van der Waals surface area contributed by atoms with Crippen LogP contribution in [0.15, 0.2) is 72.9 Å². The molecule has 15 heteroatoms. The number of aryl methyl sites for hydroxylation is 1. The number of carbonyl (C=O) groups is 3. The minimum absolute atomic E-state index is 0.00315. The number of benzene rings is 3. The van der Waals surface area contributed by atoms with Gasteiger partial charge in [0, 0.05) is 74.8 Å². The Morgan fingerprint density at radius 2 is 1.60 bits per heavy atom. The Hall–Kier alpha value is -4.93. The molecule has 57 heavy (non-hydrogen) atoms. The van der Waals surface area contributed by atoms with Crippen LogP contribution in [0.4, 0.5) is 17.1 Å². The largest absolute Gasteiger partial charge is 0.497 e. The van der Waals surface area contributed by atoms with Crippen molar-refractivity contribution in [2.24, 2.45) is 5.92 Å². The van der Waals surface area contributed by atoms with E-state index in [0.717, 1.165) is 46.2 Å². The molecule has 0 saturated carbocycles. The molecule has 3 saturated heterocycles. The van der Waals surface area contributed by atoms with Gasteiger partial charge in [-0.05, 0) is 60.0 Å². The minimum atomic E-state index is -2.42. The molecule has 4 aliphatic rings. The monoisotopic (exact) mass is 792 g/mol. The highest BCUT2D eigenvalue weighted by Crippen LogP contribution is 2.60. The number of hydrogen-bond acceptors (Lipinski definition) is 10. The van der Waals surface area contributed by atoms with E-state index in [1.165, 1.54) is 5.19 Å². The summed E-state index contributed by atoms with van der Waals surface area (Å²) < 4.78 is 14.7. The second-order valence-electron chi connectivity index (χ2n) is 16.1. The van der Waals surface area contributed by atoms with Crippen molar-refractivity contribution in [3.8, 4) is 5.75 Å². The minimum Gasteiger partial charge on any atom is -0.497 e. The van der Waals surface area contributed by atoms with Gasteiger partial charge >= 0.3 is 0 Å². The topological polar surface area (TPSA) is 154 Å². The van der Waals surface area contributed by atoms with Crippen LogP contribution in [0.25, 0.3) is 0 Å². The van der Waals surface area contributed by atoms with E-state index in [4.69, 9.17) is 9.47 Å². The number of nitrogens with one attached hydrogen (secondary N) is 2. The first-order chi connectivity index (χ1) is 27.5. The molecule has 300 valence electrons. The fraction of sp³-hybridized carbons (Fsp3) is 0.452. The van der Waals surface area contributed by atoms with Crippen LogP contribution < -0.4 is 35.3 Å². The zero-order chi connectivity index (χ0) is 39.9. The Kier molecular flexibility index (Phi) is 10.8. The third-order valence-electron chi connectivity index (χ3n) is 12.5. The van der Waals surface area contributed by atoms with Gasteiger partial charge in [0.2, 0.25) is 11.8 Å². The molecule has 14 nitrogen and oxygen atoms in total. The van der Waals surface area contributed by atoms with Gasteiger partial charge in [-0.2, -0.15) is 0 Å². The fourth-order valence-corrected chi connectivity index (χ4v) is 13.6. The average molecular weight is 793 g/mol. The maximum absolute atomic E-state index is 15.5. The van der Waals surface area contributed by atoms with Gasteiger partial charge in [0.1, 0.15) is 5.75 Å². The number of piperazine rings is 2. The molecule has 4 atom stereocenters. The van der Waals surface area contributed by atoms with Gasteiger partial charge in [-0.25, -0.2) is 0 Å². The van der Waals surface area contributed by atoms with Crippen molar-refractivity contribution in [3.63, 3.8) is 0 Å². The molecule has 0 bridgehead atoms. The molecule has 3 N–H and O–H groups in total. The van der Waals surface area contributed by atoms with Gasteiger partial charge in [-0.15, -0.1) is 5.10 Å². The third kappa shape index (κ3) is 7.05. The number of carbonyl (C=O) groups excluding carboxylic acids is 3. The summed E-state index contributed by atoms with van der Waals surface area (Å²) in [6, 6.07) is 22.1. The standard InChI is InChI=1S/C42H52N8O6Si/c1-28-40(57(3,4)34-12-10-33(55-2)11-13-34)37(15-19-47-27-30(16-22-51)45-46-47)56-42(28)35-23-32(49-21-18-44-25-39(49)53)9-14-36(35)50(41(42)54)26-29-5-7-31(8-6-29)48-20-17-43-24-38(48)52/h5-14,23,27-28,37,40,43-44,51H,15-22,24-26H2,1-4H3/t28-,37+,40-,42+/m1/s1. The molecule has 4 aliphatic heterocycles. The van der Waals surface area contributed by atoms with Gasteiger partial charge < -0.3 is 39.9 Å². The maximum Gasteiger partial charge on any atom is 0.264 e. The molecule has 1 aromatic heterocycles. The van der Waals surface area contributed by atoms with Crippen molar-refractivity contribution in [3.05, 3.63) is 89.7 Å². The molecule has 0 unspecified atom stereocenters. The van der Waals surface area contributed by atoms with Crippen molar-refractivity contribution in [2.75, 3.05) is 67.7 Å². The van der Waals surface area contributed by atoms with Crippen LogP contribution in [-0.4, -0.2) is 105 Å². The van der Waals surface area contributed by atoms with Crippen LogP contribution in [0.1, 0.15) is 30.2 Å². The lowest BCUT2D eigenvalue weighted by Crippen LogP contribution is -2.52. The lowest BCUT2D eigenvalue weighted by molar-refractivity contribution is -0.146. The highest BCUT2D eigenvalue weighted by molar-refractivity contribution is 6.91. The van der Waals surface area contributed by atoms with E-state index in [1.807, 2.05) is 65.7 Å². The zero-order valence-electron chi connectivity index (χ0n) is 33.1. The van der Waals surface area contributed by atoms with Crippen LogP contribution in [0.2, 0.25) is 18.6 Å². The smallest absolute Gasteiger partial charge is 0.264 e. The van der Waals surface area contributed by atoms with Crippen LogP contribution in [-0.2, 0) is 44.2 Å². The molecule has 1 spiro atoms. The quantitative estimate of drug-likeness (QED) is 0.183. The highest BCUT2D eigenvalue weighted by atomic mass is 28.3. The van der Waals surface area contributed by atoms with Crippen LogP contribution in [0.5, 0.6) is 5.75 Å². The van der Waals surface area contributed by atoms with E-state index in [2.05, 4.69) is 53.1 Å².